The van der Waals surface area contributed by atoms with Crippen LogP contribution in [0.4, 0.5) is 15.8 Å². The highest BCUT2D eigenvalue weighted by Gasteiger charge is 2.15. The van der Waals surface area contributed by atoms with E-state index in [1.165, 1.54) is 41.7 Å². The summed E-state index contributed by atoms with van der Waals surface area (Å²) in [6.07, 6.45) is 0. The van der Waals surface area contributed by atoms with Crippen molar-refractivity contribution in [3.8, 4) is 5.75 Å². The van der Waals surface area contributed by atoms with Gasteiger partial charge >= 0.3 is 5.69 Å². The molecule has 0 unspecified atom stereocenters. The molecule has 0 bridgehead atoms. The number of carbonyl (C=O) groups is 1. The van der Waals surface area contributed by atoms with Gasteiger partial charge in [0.05, 0.1) is 9.80 Å². The van der Waals surface area contributed by atoms with Crippen LogP contribution in [0.15, 0.2) is 60.0 Å². The van der Waals surface area contributed by atoms with E-state index >= 15 is 0 Å². The summed E-state index contributed by atoms with van der Waals surface area (Å²) in [7, 11) is 0. The van der Waals surface area contributed by atoms with Gasteiger partial charge in [-0.25, -0.2) is 4.39 Å². The highest BCUT2D eigenvalue weighted by molar-refractivity contribution is 7.12. The summed E-state index contributed by atoms with van der Waals surface area (Å²) < 4.78 is 18.7. The SMILES string of the molecule is O=C(Nc1cccc(F)c1)c1cc(COc2ccccc2[N+](=O)[O-])cs1. The Labute approximate surface area is 152 Å². The molecule has 0 spiro atoms. The van der Waals surface area contributed by atoms with Crippen LogP contribution >= 0.6 is 11.3 Å². The fourth-order valence-corrected chi connectivity index (χ4v) is 3.01. The summed E-state index contributed by atoms with van der Waals surface area (Å²) in [6, 6.07) is 13.3. The first-order valence-corrected chi connectivity index (χ1v) is 8.41. The zero-order chi connectivity index (χ0) is 18.5. The van der Waals surface area contributed by atoms with Gasteiger partial charge in [0, 0.05) is 17.3 Å². The molecule has 1 N–H and O–H groups in total. The summed E-state index contributed by atoms with van der Waals surface area (Å²) >= 11 is 1.21. The number of nitrogens with one attached hydrogen (secondary N) is 1. The van der Waals surface area contributed by atoms with Crippen LogP contribution in [0.2, 0.25) is 0 Å². The number of ether oxygens (including phenoxy) is 1. The van der Waals surface area contributed by atoms with Gasteiger partial charge in [0.1, 0.15) is 12.4 Å². The van der Waals surface area contributed by atoms with Crippen LogP contribution in [0.3, 0.4) is 0 Å². The molecule has 0 fully saturated rings. The van der Waals surface area contributed by atoms with Crippen LogP contribution in [-0.4, -0.2) is 10.8 Å². The van der Waals surface area contributed by atoms with Crippen molar-refractivity contribution in [1.82, 2.24) is 0 Å². The molecular weight excluding hydrogens is 359 g/mol. The zero-order valence-electron chi connectivity index (χ0n) is 13.3. The van der Waals surface area contributed by atoms with E-state index in [1.54, 1.807) is 29.6 Å². The molecule has 1 aromatic heterocycles. The fraction of sp³-hybridized carbons (Fsp3) is 0.0556. The number of para-hydroxylation sites is 2. The maximum atomic E-state index is 13.2. The number of hydrogen-bond donors (Lipinski definition) is 1. The van der Waals surface area contributed by atoms with E-state index in [1.807, 2.05) is 0 Å². The van der Waals surface area contributed by atoms with Gasteiger partial charge in [-0.05, 0) is 35.7 Å². The maximum absolute atomic E-state index is 13.2. The molecule has 1 heterocycles. The Morgan fingerprint density at radius 1 is 1.19 bits per heavy atom. The van der Waals surface area contributed by atoms with E-state index < -0.39 is 10.7 Å². The van der Waals surface area contributed by atoms with Crippen LogP contribution in [0.25, 0.3) is 0 Å². The molecule has 0 aliphatic rings. The number of thiophene rings is 1. The third-order valence-corrected chi connectivity index (χ3v) is 4.39. The molecule has 0 saturated carbocycles. The molecule has 0 radical (unpaired) electrons. The minimum Gasteiger partial charge on any atom is -0.482 e. The second-order valence-corrected chi connectivity index (χ2v) is 6.21. The number of hydrogen-bond acceptors (Lipinski definition) is 5. The average molecular weight is 372 g/mol. The van der Waals surface area contributed by atoms with Crippen LogP contribution in [0.1, 0.15) is 15.2 Å². The summed E-state index contributed by atoms with van der Waals surface area (Å²) in [5, 5.41) is 15.3. The van der Waals surface area contributed by atoms with Crippen LogP contribution in [0.5, 0.6) is 5.75 Å². The quantitative estimate of drug-likeness (QED) is 0.505. The molecule has 0 aliphatic heterocycles. The second-order valence-electron chi connectivity index (χ2n) is 5.30. The number of amides is 1. The number of anilines is 1. The number of rotatable bonds is 6. The van der Waals surface area contributed by atoms with E-state index in [0.29, 0.717) is 16.1 Å². The molecule has 132 valence electrons. The monoisotopic (exact) mass is 372 g/mol. The predicted molar refractivity (Wildman–Crippen MR) is 96.1 cm³/mol. The van der Waals surface area contributed by atoms with Gasteiger partial charge in [0.15, 0.2) is 5.75 Å². The van der Waals surface area contributed by atoms with E-state index in [4.69, 9.17) is 4.74 Å². The van der Waals surface area contributed by atoms with Gasteiger partial charge in [-0.2, -0.15) is 0 Å². The summed E-state index contributed by atoms with van der Waals surface area (Å²) in [4.78, 5) is 23.1. The van der Waals surface area contributed by atoms with Gasteiger partial charge in [-0.3, -0.25) is 14.9 Å². The van der Waals surface area contributed by atoms with Crippen molar-refractivity contribution in [2.75, 3.05) is 5.32 Å². The first-order chi connectivity index (χ1) is 12.5. The van der Waals surface area contributed by atoms with Gasteiger partial charge in [-0.15, -0.1) is 11.3 Å². The normalized spacial score (nSPS) is 10.3. The smallest absolute Gasteiger partial charge is 0.310 e. The van der Waals surface area contributed by atoms with Crippen molar-refractivity contribution in [1.29, 1.82) is 0 Å². The third-order valence-electron chi connectivity index (χ3n) is 3.42. The molecule has 3 rings (SSSR count). The van der Waals surface area contributed by atoms with Gasteiger partial charge in [0.2, 0.25) is 0 Å². The predicted octanol–water partition coefficient (Wildman–Crippen LogP) is 4.63. The van der Waals surface area contributed by atoms with Crippen LogP contribution < -0.4 is 10.1 Å². The van der Waals surface area contributed by atoms with Crippen molar-refractivity contribution >= 4 is 28.6 Å². The Morgan fingerprint density at radius 3 is 2.77 bits per heavy atom. The lowest BCUT2D eigenvalue weighted by Crippen LogP contribution is -2.10. The Hall–Kier alpha value is -3.26. The van der Waals surface area contributed by atoms with Crippen molar-refractivity contribution in [3.63, 3.8) is 0 Å². The summed E-state index contributed by atoms with van der Waals surface area (Å²) in [6.45, 7) is 0.0919. The number of carbonyl (C=O) groups excluding carboxylic acids is 1. The van der Waals surface area contributed by atoms with Crippen molar-refractivity contribution in [2.45, 2.75) is 6.61 Å². The fourth-order valence-electron chi connectivity index (χ4n) is 2.22. The van der Waals surface area contributed by atoms with Gasteiger partial charge in [0.25, 0.3) is 5.91 Å². The minimum atomic E-state index is -0.513. The largest absolute Gasteiger partial charge is 0.482 e. The number of benzene rings is 2. The Kier molecular flexibility index (Phi) is 5.23. The lowest BCUT2D eigenvalue weighted by Gasteiger charge is -2.05. The van der Waals surface area contributed by atoms with E-state index in [0.717, 1.165) is 0 Å². The van der Waals surface area contributed by atoms with Crippen molar-refractivity contribution < 1.29 is 18.8 Å². The molecule has 1 amide bonds. The van der Waals surface area contributed by atoms with Crippen LogP contribution in [0, 0.1) is 15.9 Å². The first-order valence-electron chi connectivity index (χ1n) is 7.53. The minimum absolute atomic E-state index is 0.0919. The van der Waals surface area contributed by atoms with Crippen molar-refractivity contribution in [2.24, 2.45) is 0 Å². The van der Waals surface area contributed by atoms with E-state index in [2.05, 4.69) is 5.32 Å². The number of nitrogens with zero attached hydrogens (tertiary/aromatic N) is 1. The summed E-state index contributed by atoms with van der Waals surface area (Å²) in [5.41, 5.74) is 0.949. The maximum Gasteiger partial charge on any atom is 0.310 e. The molecule has 26 heavy (non-hydrogen) atoms. The lowest BCUT2D eigenvalue weighted by atomic mass is 10.2. The number of nitro groups is 1. The Morgan fingerprint density at radius 2 is 2.00 bits per heavy atom. The molecule has 6 nitrogen and oxygen atoms in total. The zero-order valence-corrected chi connectivity index (χ0v) is 14.2. The standard InChI is InChI=1S/C18H13FN2O4S/c19-13-4-3-5-14(9-13)20-18(22)17-8-12(11-26-17)10-25-16-7-2-1-6-15(16)21(23)24/h1-9,11H,10H2,(H,20,22). The lowest BCUT2D eigenvalue weighted by molar-refractivity contribution is -0.385. The Balaban J connectivity index is 1.65. The van der Waals surface area contributed by atoms with Crippen molar-refractivity contribution in [3.05, 3.63) is 86.3 Å². The van der Waals surface area contributed by atoms with E-state index in [9.17, 15) is 19.3 Å². The molecule has 8 heteroatoms. The van der Waals surface area contributed by atoms with Crippen LogP contribution in [-0.2, 0) is 6.61 Å². The summed E-state index contributed by atoms with van der Waals surface area (Å²) in [5.74, 6) is -0.639. The molecule has 0 aliphatic carbocycles. The number of nitro benzene ring substituents is 1. The molecular formula is C18H13FN2O4S. The first kappa shape index (κ1) is 17.6. The van der Waals surface area contributed by atoms with Gasteiger partial charge < -0.3 is 10.1 Å². The highest BCUT2D eigenvalue weighted by Crippen LogP contribution is 2.27. The molecule has 0 saturated heterocycles. The topological polar surface area (TPSA) is 81.5 Å². The third kappa shape index (κ3) is 4.22. The Bertz CT molecular complexity index is 958. The molecule has 0 atom stereocenters. The van der Waals surface area contributed by atoms with E-state index in [-0.39, 0.29) is 24.0 Å². The average Bonchev–Trinajstić information content (AvgIpc) is 3.09. The molecule has 2 aromatic carbocycles. The highest BCUT2D eigenvalue weighted by atomic mass is 32.1. The van der Waals surface area contributed by atoms with Gasteiger partial charge in [-0.1, -0.05) is 18.2 Å². The number of halogens is 1. The molecule has 3 aromatic rings. The second kappa shape index (κ2) is 7.75.